The summed E-state index contributed by atoms with van der Waals surface area (Å²) in [5.41, 5.74) is 7.71. The van der Waals surface area contributed by atoms with Crippen molar-refractivity contribution in [2.45, 2.75) is 33.6 Å². The second-order valence-electron chi connectivity index (χ2n) is 3.71. The monoisotopic (exact) mass is 222 g/mol. The van der Waals surface area contributed by atoms with E-state index >= 15 is 0 Å². The summed E-state index contributed by atoms with van der Waals surface area (Å²) in [6, 6.07) is 0. The van der Waals surface area contributed by atoms with Crippen LogP contribution in [0.3, 0.4) is 0 Å². The largest absolute Gasteiger partial charge is 0.476 e. The molecule has 16 heavy (non-hydrogen) atoms. The first-order valence-corrected chi connectivity index (χ1v) is 5.39. The van der Waals surface area contributed by atoms with Crippen LogP contribution in [0.25, 0.3) is 0 Å². The molecular formula is C11H18N4O. The minimum absolute atomic E-state index is 0.0259. The lowest BCUT2D eigenvalue weighted by molar-refractivity contribution is 0.293. The molecule has 0 radical (unpaired) electrons. The first-order chi connectivity index (χ1) is 7.57. The Morgan fingerprint density at radius 1 is 1.38 bits per heavy atom. The Balaban J connectivity index is 2.99. The zero-order valence-electron chi connectivity index (χ0n) is 10.0. The van der Waals surface area contributed by atoms with Crippen LogP contribution >= 0.6 is 0 Å². The average molecular weight is 222 g/mol. The molecule has 0 fully saturated rings. The van der Waals surface area contributed by atoms with Crippen LogP contribution in [-0.4, -0.2) is 22.6 Å². The van der Waals surface area contributed by atoms with E-state index in [1.165, 1.54) is 0 Å². The highest BCUT2D eigenvalue weighted by molar-refractivity contribution is 5.98. The van der Waals surface area contributed by atoms with Gasteiger partial charge in [0.2, 0.25) is 5.88 Å². The van der Waals surface area contributed by atoms with Crippen molar-refractivity contribution in [3.05, 3.63) is 16.8 Å². The molecule has 0 amide bonds. The molecule has 0 spiro atoms. The molecule has 5 nitrogen and oxygen atoms in total. The summed E-state index contributed by atoms with van der Waals surface area (Å²) < 4.78 is 5.48. The van der Waals surface area contributed by atoms with Gasteiger partial charge in [0.1, 0.15) is 5.84 Å². The van der Waals surface area contributed by atoms with Gasteiger partial charge in [-0.3, -0.25) is 5.41 Å². The number of nitrogens with zero attached hydrogens (tertiary/aromatic N) is 2. The van der Waals surface area contributed by atoms with Gasteiger partial charge in [0.15, 0.2) is 0 Å². The van der Waals surface area contributed by atoms with Crippen LogP contribution in [0.4, 0.5) is 0 Å². The molecule has 88 valence electrons. The Bertz CT molecular complexity index is 390. The van der Waals surface area contributed by atoms with Gasteiger partial charge < -0.3 is 10.5 Å². The molecule has 0 aliphatic carbocycles. The van der Waals surface area contributed by atoms with E-state index in [4.69, 9.17) is 15.9 Å². The minimum Gasteiger partial charge on any atom is -0.476 e. The molecule has 0 saturated heterocycles. The summed E-state index contributed by atoms with van der Waals surface area (Å²) in [7, 11) is 0. The van der Waals surface area contributed by atoms with Gasteiger partial charge in [-0.25, -0.2) is 0 Å². The van der Waals surface area contributed by atoms with Gasteiger partial charge in [-0.05, 0) is 25.8 Å². The van der Waals surface area contributed by atoms with E-state index < -0.39 is 0 Å². The minimum atomic E-state index is -0.0259. The first kappa shape index (κ1) is 12.4. The molecule has 1 aromatic rings. The molecule has 1 aromatic heterocycles. The number of nitrogen functional groups attached to an aromatic ring is 1. The van der Waals surface area contributed by atoms with Crippen molar-refractivity contribution in [2.24, 2.45) is 5.73 Å². The lowest BCUT2D eigenvalue weighted by Crippen LogP contribution is -2.18. The number of nitrogens with one attached hydrogen (secondary N) is 1. The molecule has 0 unspecified atom stereocenters. The van der Waals surface area contributed by atoms with E-state index in [1.807, 2.05) is 13.8 Å². The maximum Gasteiger partial charge on any atom is 0.244 e. The van der Waals surface area contributed by atoms with Gasteiger partial charge in [-0.15, -0.1) is 5.10 Å². The Morgan fingerprint density at radius 3 is 2.62 bits per heavy atom. The second kappa shape index (κ2) is 5.44. The fourth-order valence-electron chi connectivity index (χ4n) is 1.32. The molecule has 1 heterocycles. The van der Waals surface area contributed by atoms with Crippen LogP contribution in [0, 0.1) is 19.3 Å². The van der Waals surface area contributed by atoms with Crippen molar-refractivity contribution >= 4 is 5.84 Å². The highest BCUT2D eigenvalue weighted by atomic mass is 16.5. The van der Waals surface area contributed by atoms with Gasteiger partial charge in [0, 0.05) is 0 Å². The number of unbranched alkanes of at least 4 members (excludes halogenated alkanes) is 1. The molecule has 5 heteroatoms. The zero-order valence-corrected chi connectivity index (χ0v) is 10.0. The number of ether oxygens (including phenoxy) is 1. The fraction of sp³-hybridized carbons (Fsp3) is 0.545. The number of aromatic nitrogens is 2. The van der Waals surface area contributed by atoms with E-state index in [2.05, 4.69) is 17.1 Å². The summed E-state index contributed by atoms with van der Waals surface area (Å²) in [6.07, 6.45) is 2.00. The lowest BCUT2D eigenvalue weighted by Gasteiger charge is -2.11. The Morgan fingerprint density at radius 2 is 2.06 bits per heavy atom. The van der Waals surface area contributed by atoms with Crippen molar-refractivity contribution in [2.75, 3.05) is 6.61 Å². The predicted octanol–water partition coefficient (Wildman–Crippen LogP) is 1.56. The van der Waals surface area contributed by atoms with E-state index in [1.54, 1.807) is 0 Å². The Hall–Kier alpha value is -1.65. The van der Waals surface area contributed by atoms with Crippen LogP contribution in [0.5, 0.6) is 5.88 Å². The quantitative estimate of drug-likeness (QED) is 0.449. The third kappa shape index (κ3) is 2.68. The van der Waals surface area contributed by atoms with Crippen LogP contribution in [0.2, 0.25) is 0 Å². The van der Waals surface area contributed by atoms with E-state index in [0.29, 0.717) is 18.1 Å². The molecule has 0 aliphatic rings. The van der Waals surface area contributed by atoms with Crippen molar-refractivity contribution in [1.82, 2.24) is 10.2 Å². The molecule has 3 N–H and O–H groups in total. The van der Waals surface area contributed by atoms with Crippen molar-refractivity contribution < 1.29 is 4.74 Å². The molecule has 0 aromatic carbocycles. The van der Waals surface area contributed by atoms with Gasteiger partial charge in [-0.1, -0.05) is 13.3 Å². The van der Waals surface area contributed by atoms with E-state index in [9.17, 15) is 0 Å². The van der Waals surface area contributed by atoms with Crippen LogP contribution in [-0.2, 0) is 0 Å². The third-order valence-electron chi connectivity index (χ3n) is 2.43. The van der Waals surface area contributed by atoms with Gasteiger partial charge in [0.05, 0.1) is 17.9 Å². The summed E-state index contributed by atoms with van der Waals surface area (Å²) in [6.45, 7) is 6.37. The number of hydrogen-bond donors (Lipinski definition) is 2. The number of nitrogens with two attached hydrogens (primary N) is 1. The van der Waals surface area contributed by atoms with Gasteiger partial charge in [0.25, 0.3) is 0 Å². The number of amidine groups is 1. The van der Waals surface area contributed by atoms with Crippen molar-refractivity contribution in [1.29, 1.82) is 5.41 Å². The zero-order chi connectivity index (χ0) is 12.1. The van der Waals surface area contributed by atoms with E-state index in [0.717, 1.165) is 24.1 Å². The average Bonchev–Trinajstić information content (AvgIpc) is 2.23. The summed E-state index contributed by atoms with van der Waals surface area (Å²) in [5, 5.41) is 15.4. The predicted molar refractivity (Wildman–Crippen MR) is 62.9 cm³/mol. The number of hydrogen-bond acceptors (Lipinski definition) is 4. The summed E-state index contributed by atoms with van der Waals surface area (Å²) in [4.78, 5) is 0. The molecule has 1 rings (SSSR count). The Kier molecular flexibility index (Phi) is 4.22. The van der Waals surface area contributed by atoms with E-state index in [-0.39, 0.29) is 5.84 Å². The number of rotatable bonds is 5. The van der Waals surface area contributed by atoms with Gasteiger partial charge in [-0.2, -0.15) is 5.10 Å². The fourth-order valence-corrected chi connectivity index (χ4v) is 1.32. The van der Waals surface area contributed by atoms with Crippen molar-refractivity contribution in [3.8, 4) is 5.88 Å². The van der Waals surface area contributed by atoms with Crippen LogP contribution in [0.15, 0.2) is 0 Å². The summed E-state index contributed by atoms with van der Waals surface area (Å²) in [5.74, 6) is 0.339. The Labute approximate surface area is 95.5 Å². The third-order valence-corrected chi connectivity index (χ3v) is 2.43. The smallest absolute Gasteiger partial charge is 0.244 e. The topological polar surface area (TPSA) is 84.9 Å². The maximum absolute atomic E-state index is 7.52. The maximum atomic E-state index is 7.52. The highest BCUT2D eigenvalue weighted by Crippen LogP contribution is 2.19. The normalized spacial score (nSPS) is 10.2. The molecule has 0 aliphatic heterocycles. The second-order valence-corrected chi connectivity index (χ2v) is 3.71. The molecule has 0 saturated carbocycles. The summed E-state index contributed by atoms with van der Waals surface area (Å²) >= 11 is 0. The SMILES string of the molecule is CCCCOc1nnc(C)c(C)c1C(=N)N. The number of aryl methyl sites for hydroxylation is 1. The standard InChI is InChI=1S/C11H18N4O/c1-4-5-6-16-11-9(10(12)13)7(2)8(3)14-15-11/h4-6H2,1-3H3,(H3,12,13). The highest BCUT2D eigenvalue weighted by Gasteiger charge is 2.14. The molecule has 0 atom stereocenters. The lowest BCUT2D eigenvalue weighted by atomic mass is 10.1. The molecular weight excluding hydrogens is 204 g/mol. The van der Waals surface area contributed by atoms with Crippen LogP contribution in [0.1, 0.15) is 36.6 Å². The van der Waals surface area contributed by atoms with Crippen LogP contribution < -0.4 is 10.5 Å². The first-order valence-electron chi connectivity index (χ1n) is 5.39. The van der Waals surface area contributed by atoms with Crippen molar-refractivity contribution in [3.63, 3.8) is 0 Å². The van der Waals surface area contributed by atoms with Gasteiger partial charge >= 0.3 is 0 Å². The molecule has 0 bridgehead atoms.